The Kier molecular flexibility index (Phi) is 4.74. The van der Waals surface area contributed by atoms with Crippen LogP contribution in [0.4, 0.5) is 4.39 Å². The van der Waals surface area contributed by atoms with Crippen molar-refractivity contribution in [1.82, 2.24) is 5.32 Å². The molecule has 0 unspecified atom stereocenters. The molecule has 0 saturated carbocycles. The van der Waals surface area contributed by atoms with E-state index in [1.807, 2.05) is 0 Å². The average Bonchev–Trinajstić information content (AvgIpc) is 3.14. The highest BCUT2D eigenvalue weighted by atomic mass is 32.2. The van der Waals surface area contributed by atoms with Crippen LogP contribution in [-0.4, -0.2) is 39.6 Å². The lowest BCUT2D eigenvalue weighted by Gasteiger charge is -2.20. The summed E-state index contributed by atoms with van der Waals surface area (Å²) in [7, 11) is -7.69. The van der Waals surface area contributed by atoms with Gasteiger partial charge in [0.15, 0.2) is 19.7 Å². The van der Waals surface area contributed by atoms with Crippen molar-refractivity contribution >= 4 is 19.7 Å². The van der Waals surface area contributed by atoms with E-state index in [1.54, 1.807) is 19.1 Å². The molecule has 1 aromatic carbocycles. The Balaban J connectivity index is 1.92. The Bertz CT molecular complexity index is 968. The fourth-order valence-electron chi connectivity index (χ4n) is 2.95. The van der Waals surface area contributed by atoms with E-state index in [-0.39, 0.29) is 12.3 Å². The number of halogens is 1. The number of hydrogen-bond acceptors (Lipinski definition) is 6. The summed E-state index contributed by atoms with van der Waals surface area (Å²) in [5, 5.41) is 1.68. The second-order valence-electron chi connectivity index (χ2n) is 6.16. The van der Waals surface area contributed by atoms with Gasteiger partial charge in [0, 0.05) is 6.04 Å². The molecule has 136 valence electrons. The Labute approximate surface area is 145 Å². The van der Waals surface area contributed by atoms with Gasteiger partial charge in [0.2, 0.25) is 0 Å². The zero-order valence-corrected chi connectivity index (χ0v) is 15.1. The molecule has 1 aliphatic heterocycles. The normalized spacial score (nSPS) is 23.0. The number of furan rings is 1. The Morgan fingerprint density at radius 2 is 2.04 bits per heavy atom. The highest BCUT2D eigenvalue weighted by molar-refractivity contribution is 7.96. The summed E-state index contributed by atoms with van der Waals surface area (Å²) in [4.78, 5) is -0.459. The van der Waals surface area contributed by atoms with E-state index in [0.29, 0.717) is 11.3 Å². The minimum atomic E-state index is -4.15. The highest BCUT2D eigenvalue weighted by Crippen LogP contribution is 2.28. The first-order valence-corrected chi connectivity index (χ1v) is 11.0. The molecule has 1 N–H and O–H groups in total. The molecule has 0 amide bonds. The minimum absolute atomic E-state index is 0.190. The lowest BCUT2D eigenvalue weighted by molar-refractivity contribution is 0.453. The number of benzene rings is 1. The van der Waals surface area contributed by atoms with Gasteiger partial charge in [-0.15, -0.1) is 0 Å². The van der Waals surface area contributed by atoms with Crippen LogP contribution < -0.4 is 5.32 Å². The van der Waals surface area contributed by atoms with Crippen molar-refractivity contribution in [2.75, 3.05) is 11.5 Å². The SMILES string of the molecule is Cc1ccc(F)c(S(=O)(=O)[C@H]2CS(=O)(=O)C[C@@H]2NCc2ccco2)c1. The lowest BCUT2D eigenvalue weighted by atomic mass is 10.2. The fraction of sp³-hybridized carbons (Fsp3) is 0.375. The van der Waals surface area contributed by atoms with Gasteiger partial charge >= 0.3 is 0 Å². The maximum atomic E-state index is 14.1. The van der Waals surface area contributed by atoms with E-state index in [0.717, 1.165) is 6.07 Å². The van der Waals surface area contributed by atoms with Crippen LogP contribution in [0.2, 0.25) is 0 Å². The van der Waals surface area contributed by atoms with Crippen molar-refractivity contribution in [3.63, 3.8) is 0 Å². The van der Waals surface area contributed by atoms with Crippen LogP contribution in [0.25, 0.3) is 0 Å². The molecule has 9 heteroatoms. The zero-order chi connectivity index (χ0) is 18.2. The number of aryl methyl sites for hydroxylation is 1. The van der Waals surface area contributed by atoms with Crippen molar-refractivity contribution in [1.29, 1.82) is 0 Å². The first-order valence-electron chi connectivity index (χ1n) is 7.65. The summed E-state index contributed by atoms with van der Waals surface area (Å²) < 4.78 is 69.1. The second kappa shape index (κ2) is 6.54. The second-order valence-corrected chi connectivity index (χ2v) is 10.5. The van der Waals surface area contributed by atoms with Crippen LogP contribution >= 0.6 is 0 Å². The van der Waals surface area contributed by atoms with E-state index in [9.17, 15) is 21.2 Å². The first kappa shape index (κ1) is 18.1. The number of hydrogen-bond donors (Lipinski definition) is 1. The molecule has 1 saturated heterocycles. The molecule has 2 aromatic rings. The molecule has 3 rings (SSSR count). The van der Waals surface area contributed by atoms with E-state index >= 15 is 0 Å². The van der Waals surface area contributed by atoms with E-state index in [1.165, 1.54) is 18.4 Å². The first-order chi connectivity index (χ1) is 11.7. The van der Waals surface area contributed by atoms with Gasteiger partial charge in [0.1, 0.15) is 16.5 Å². The molecule has 0 radical (unpaired) electrons. The quantitative estimate of drug-likeness (QED) is 0.835. The van der Waals surface area contributed by atoms with Crippen LogP contribution in [0, 0.1) is 12.7 Å². The van der Waals surface area contributed by atoms with E-state index < -0.39 is 47.4 Å². The standard InChI is InChI=1S/C16H18FNO5S2/c1-11-4-5-13(17)15(7-11)25(21,22)16-10-24(19,20)9-14(16)18-8-12-3-2-6-23-12/h2-7,14,16,18H,8-10H2,1H3/t14-,16-/m0/s1. The maximum Gasteiger partial charge on any atom is 0.186 e. The van der Waals surface area contributed by atoms with Crippen LogP contribution in [0.3, 0.4) is 0 Å². The van der Waals surface area contributed by atoms with Gasteiger partial charge in [-0.25, -0.2) is 21.2 Å². The van der Waals surface area contributed by atoms with Gasteiger partial charge in [-0.3, -0.25) is 0 Å². The largest absolute Gasteiger partial charge is 0.468 e. The molecule has 0 spiro atoms. The van der Waals surface area contributed by atoms with Gasteiger partial charge in [-0.2, -0.15) is 0 Å². The van der Waals surface area contributed by atoms with Crippen molar-refractivity contribution in [3.05, 3.63) is 53.7 Å². The fourth-order valence-corrected chi connectivity index (χ4v) is 7.82. The third kappa shape index (κ3) is 3.78. The predicted octanol–water partition coefficient (Wildman–Crippen LogP) is 1.46. The van der Waals surface area contributed by atoms with Gasteiger partial charge in [0.05, 0.1) is 29.6 Å². The minimum Gasteiger partial charge on any atom is -0.468 e. The molecule has 1 aliphatic rings. The van der Waals surface area contributed by atoms with Gasteiger partial charge in [0.25, 0.3) is 0 Å². The van der Waals surface area contributed by atoms with Crippen molar-refractivity contribution in [2.24, 2.45) is 0 Å². The van der Waals surface area contributed by atoms with Crippen LogP contribution in [0.1, 0.15) is 11.3 Å². The lowest BCUT2D eigenvalue weighted by Crippen LogP contribution is -2.43. The Morgan fingerprint density at radius 3 is 2.72 bits per heavy atom. The van der Waals surface area contributed by atoms with Gasteiger partial charge in [-0.1, -0.05) is 6.07 Å². The summed E-state index contributed by atoms with van der Waals surface area (Å²) in [5.74, 6) is -1.16. The molecular weight excluding hydrogens is 369 g/mol. The smallest absolute Gasteiger partial charge is 0.186 e. The van der Waals surface area contributed by atoms with E-state index in [4.69, 9.17) is 4.42 Å². The number of sulfone groups is 2. The summed E-state index contributed by atoms with van der Waals surface area (Å²) >= 11 is 0. The molecule has 1 fully saturated rings. The average molecular weight is 387 g/mol. The predicted molar refractivity (Wildman–Crippen MR) is 90.1 cm³/mol. The molecule has 1 aromatic heterocycles. The van der Waals surface area contributed by atoms with Crippen LogP contribution in [0.15, 0.2) is 45.9 Å². The topological polar surface area (TPSA) is 93.5 Å². The molecule has 6 nitrogen and oxygen atoms in total. The Hall–Kier alpha value is -1.71. The van der Waals surface area contributed by atoms with Gasteiger partial charge < -0.3 is 9.73 Å². The van der Waals surface area contributed by atoms with Crippen molar-refractivity contribution in [3.8, 4) is 0 Å². The molecule has 25 heavy (non-hydrogen) atoms. The van der Waals surface area contributed by atoms with E-state index in [2.05, 4.69) is 5.32 Å². The van der Waals surface area contributed by atoms with Crippen molar-refractivity contribution < 1.29 is 25.6 Å². The number of nitrogens with one attached hydrogen (secondary N) is 1. The van der Waals surface area contributed by atoms with Crippen LogP contribution in [0.5, 0.6) is 0 Å². The Morgan fingerprint density at radius 1 is 1.28 bits per heavy atom. The highest BCUT2D eigenvalue weighted by Gasteiger charge is 2.46. The summed E-state index contributed by atoms with van der Waals surface area (Å²) in [6.45, 7) is 1.84. The number of rotatable bonds is 5. The van der Waals surface area contributed by atoms with Crippen molar-refractivity contribution in [2.45, 2.75) is 29.7 Å². The van der Waals surface area contributed by atoms with Gasteiger partial charge in [-0.05, 0) is 36.8 Å². The summed E-state index contributed by atoms with van der Waals surface area (Å²) in [5.41, 5.74) is 0.584. The third-order valence-corrected chi connectivity index (χ3v) is 8.37. The molecule has 0 aliphatic carbocycles. The zero-order valence-electron chi connectivity index (χ0n) is 13.5. The molecule has 2 heterocycles. The molecule has 0 bridgehead atoms. The monoisotopic (exact) mass is 387 g/mol. The molecule has 2 atom stereocenters. The molecular formula is C16H18FNO5S2. The maximum absolute atomic E-state index is 14.1. The summed E-state index contributed by atoms with van der Waals surface area (Å²) in [6.07, 6.45) is 1.47. The summed E-state index contributed by atoms with van der Waals surface area (Å²) in [6, 6.07) is 6.32. The third-order valence-electron chi connectivity index (χ3n) is 4.21. The van der Waals surface area contributed by atoms with Crippen LogP contribution in [-0.2, 0) is 26.2 Å².